The van der Waals surface area contributed by atoms with Gasteiger partial charge in [0.15, 0.2) is 0 Å². The molecule has 0 aromatic heterocycles. The molecule has 3 aromatic carbocycles. The summed E-state index contributed by atoms with van der Waals surface area (Å²) in [5.41, 5.74) is 2.75. The molecule has 1 aliphatic heterocycles. The first-order chi connectivity index (χ1) is 18.0. The molecule has 0 fully saturated rings. The van der Waals surface area contributed by atoms with Crippen LogP contribution in [0.4, 0.5) is 5.69 Å². The van der Waals surface area contributed by atoms with Crippen LogP contribution < -0.4 is 14.8 Å². The minimum Gasteiger partial charge on any atom is -0.489 e. The van der Waals surface area contributed by atoms with Crippen molar-refractivity contribution in [1.82, 2.24) is 5.32 Å². The Kier molecular flexibility index (Phi) is 9.43. The predicted octanol–water partition coefficient (Wildman–Crippen LogP) is 5.24. The predicted molar refractivity (Wildman–Crippen MR) is 153 cm³/mol. The molecule has 2 unspecified atom stereocenters. The summed E-state index contributed by atoms with van der Waals surface area (Å²) in [7, 11) is -3.86. The zero-order valence-corrected chi connectivity index (χ0v) is 22.6. The Labute approximate surface area is 231 Å². The van der Waals surface area contributed by atoms with Gasteiger partial charge in [-0.25, -0.2) is 8.42 Å². The number of carboxylic acid groups (broad SMARTS) is 1. The number of carboxylic acids is 1. The van der Waals surface area contributed by atoms with Crippen molar-refractivity contribution in [3.63, 3.8) is 0 Å². The molecule has 4 rings (SSSR count). The zero-order chi connectivity index (χ0) is 27.5. The number of hydrogen-bond donors (Lipinski definition) is 4. The van der Waals surface area contributed by atoms with Gasteiger partial charge in [-0.3, -0.25) is 9.52 Å². The number of anilines is 1. The van der Waals surface area contributed by atoms with E-state index in [1.165, 1.54) is 6.07 Å². The van der Waals surface area contributed by atoms with Crippen molar-refractivity contribution in [3.8, 4) is 5.75 Å². The average molecular weight is 555 g/mol. The highest BCUT2D eigenvalue weighted by Crippen LogP contribution is 2.32. The van der Waals surface area contributed by atoms with Crippen LogP contribution >= 0.6 is 0 Å². The Bertz CT molecular complexity index is 1420. The van der Waals surface area contributed by atoms with Crippen molar-refractivity contribution >= 4 is 21.7 Å². The van der Waals surface area contributed by atoms with Crippen molar-refractivity contribution in [2.24, 2.45) is 0 Å². The second-order valence-corrected chi connectivity index (χ2v) is 12.0. The first-order valence-electron chi connectivity index (χ1n) is 12.6. The Hall–Kier alpha value is -3.40. The molecule has 2 atom stereocenters. The SMILES string of the molecule is C.CCC(C(=O)O)c1cccc(CC(C)(C)NCC(O)c2ccc3cc2NS(=O)(=O)c2cccc(c2)CO3)c1. The molecule has 1 heterocycles. The van der Waals surface area contributed by atoms with Crippen LogP contribution in [0.25, 0.3) is 0 Å². The van der Waals surface area contributed by atoms with Crippen molar-refractivity contribution < 1.29 is 28.2 Å². The summed E-state index contributed by atoms with van der Waals surface area (Å²) in [5.74, 6) is -0.901. The maximum Gasteiger partial charge on any atom is 0.310 e. The number of hydrogen-bond acceptors (Lipinski definition) is 6. The first-order valence-corrected chi connectivity index (χ1v) is 14.1. The highest BCUT2D eigenvalue weighted by Gasteiger charge is 2.25. The van der Waals surface area contributed by atoms with E-state index in [0.717, 1.165) is 16.7 Å². The number of β-amino-alcohol motifs (C(OH)–C–C–N with tert-alkyl or cyclic N) is 1. The fourth-order valence-electron chi connectivity index (χ4n) is 4.71. The molecule has 0 aliphatic carbocycles. The first kappa shape index (κ1) is 30.1. The monoisotopic (exact) mass is 554 g/mol. The molecule has 3 aromatic rings. The number of aliphatic hydroxyl groups is 1. The van der Waals surface area contributed by atoms with Crippen LogP contribution in [0.1, 0.15) is 68.9 Å². The van der Waals surface area contributed by atoms with Crippen LogP contribution in [0.2, 0.25) is 0 Å². The molecular formula is C30H38N2O6S. The third kappa shape index (κ3) is 7.38. The maximum atomic E-state index is 13.0. The molecule has 39 heavy (non-hydrogen) atoms. The maximum absolute atomic E-state index is 13.0. The Morgan fingerprint density at radius 3 is 2.56 bits per heavy atom. The fraction of sp³-hybridized carbons (Fsp3) is 0.367. The Morgan fingerprint density at radius 1 is 1.10 bits per heavy atom. The van der Waals surface area contributed by atoms with E-state index in [9.17, 15) is 23.4 Å². The summed E-state index contributed by atoms with van der Waals surface area (Å²) >= 11 is 0. The van der Waals surface area contributed by atoms with Crippen LogP contribution in [0.15, 0.2) is 71.6 Å². The Morgan fingerprint density at radius 2 is 1.85 bits per heavy atom. The summed E-state index contributed by atoms with van der Waals surface area (Å²) in [5, 5.41) is 24.0. The standard InChI is InChI=1S/C29H34N2O6S.CH4/c1-4-24(28(33)34)21-9-5-7-19(13-21)16-29(2,3)30-17-27(32)25-12-11-22-15-26(25)31-38(35,36)23-10-6-8-20(14-23)18-37-22;/h5-15,24,27,30-32H,4,16-18H2,1-3H3,(H,33,34);1H4. The molecule has 210 valence electrons. The van der Waals surface area contributed by atoms with E-state index < -0.39 is 33.6 Å². The number of ether oxygens (including phenoxy) is 1. The van der Waals surface area contributed by atoms with Gasteiger partial charge in [0.2, 0.25) is 0 Å². The zero-order valence-electron chi connectivity index (χ0n) is 21.8. The van der Waals surface area contributed by atoms with Gasteiger partial charge in [0.1, 0.15) is 12.4 Å². The van der Waals surface area contributed by atoms with E-state index in [1.54, 1.807) is 36.4 Å². The molecule has 1 aliphatic rings. The molecule has 0 saturated heterocycles. The minimum absolute atomic E-state index is 0. The van der Waals surface area contributed by atoms with Crippen molar-refractivity contribution in [1.29, 1.82) is 0 Å². The van der Waals surface area contributed by atoms with E-state index in [-0.39, 0.29) is 31.2 Å². The van der Waals surface area contributed by atoms with Crippen molar-refractivity contribution in [3.05, 3.63) is 89.0 Å². The van der Waals surface area contributed by atoms with Crippen LogP contribution in [-0.4, -0.2) is 36.7 Å². The lowest BCUT2D eigenvalue weighted by molar-refractivity contribution is -0.138. The van der Waals surface area contributed by atoms with Gasteiger partial charge in [0.25, 0.3) is 10.0 Å². The highest BCUT2D eigenvalue weighted by molar-refractivity contribution is 7.92. The highest BCUT2D eigenvalue weighted by atomic mass is 32.2. The van der Waals surface area contributed by atoms with Gasteiger partial charge in [0, 0.05) is 23.7 Å². The lowest BCUT2D eigenvalue weighted by Crippen LogP contribution is -2.43. The van der Waals surface area contributed by atoms with Gasteiger partial charge >= 0.3 is 5.97 Å². The molecular weight excluding hydrogens is 516 g/mol. The molecule has 9 heteroatoms. The van der Waals surface area contributed by atoms with Gasteiger partial charge < -0.3 is 20.3 Å². The summed E-state index contributed by atoms with van der Waals surface area (Å²) in [6.07, 6.45) is 0.110. The number of carbonyl (C=O) groups is 1. The molecule has 0 amide bonds. The minimum atomic E-state index is -3.86. The number of fused-ring (bicyclic) bond motifs is 4. The molecule has 4 bridgehead atoms. The van der Waals surface area contributed by atoms with E-state index in [2.05, 4.69) is 10.0 Å². The third-order valence-corrected chi connectivity index (χ3v) is 8.09. The second kappa shape index (κ2) is 12.2. The van der Waals surface area contributed by atoms with E-state index in [4.69, 9.17) is 4.74 Å². The van der Waals surface area contributed by atoms with Crippen LogP contribution in [0.5, 0.6) is 5.75 Å². The van der Waals surface area contributed by atoms with Gasteiger partial charge in [-0.05, 0) is 61.6 Å². The lowest BCUT2D eigenvalue weighted by atomic mass is 9.90. The second-order valence-electron chi connectivity index (χ2n) is 10.3. The molecule has 0 saturated carbocycles. The number of benzene rings is 3. The van der Waals surface area contributed by atoms with Gasteiger partial charge in [0.05, 0.1) is 22.6 Å². The Balaban J connectivity index is 0.00000420. The number of sulfonamides is 1. The molecule has 0 spiro atoms. The number of rotatable bonds is 9. The van der Waals surface area contributed by atoms with Gasteiger partial charge in [-0.1, -0.05) is 56.8 Å². The summed E-state index contributed by atoms with van der Waals surface area (Å²) in [6.45, 7) is 6.26. The van der Waals surface area contributed by atoms with Gasteiger partial charge in [-0.15, -0.1) is 0 Å². The summed E-state index contributed by atoms with van der Waals surface area (Å²) < 4.78 is 34.5. The topological polar surface area (TPSA) is 125 Å². The smallest absolute Gasteiger partial charge is 0.310 e. The van der Waals surface area contributed by atoms with Crippen molar-refractivity contribution in [2.75, 3.05) is 11.3 Å². The number of aliphatic hydroxyl groups excluding tert-OH is 1. The third-order valence-electron chi connectivity index (χ3n) is 6.72. The molecule has 0 radical (unpaired) electrons. The molecule has 4 N–H and O–H groups in total. The largest absolute Gasteiger partial charge is 0.489 e. The van der Waals surface area contributed by atoms with Gasteiger partial charge in [-0.2, -0.15) is 0 Å². The summed E-state index contributed by atoms with van der Waals surface area (Å²) in [4.78, 5) is 11.7. The van der Waals surface area contributed by atoms with Crippen LogP contribution in [-0.2, 0) is 27.8 Å². The summed E-state index contributed by atoms with van der Waals surface area (Å²) in [6, 6.07) is 19.1. The van der Waals surface area contributed by atoms with E-state index in [0.29, 0.717) is 24.2 Å². The van der Waals surface area contributed by atoms with Crippen LogP contribution in [0, 0.1) is 0 Å². The quantitative estimate of drug-likeness (QED) is 0.285. The van der Waals surface area contributed by atoms with Crippen LogP contribution in [0.3, 0.4) is 0 Å². The number of aliphatic carboxylic acids is 1. The normalized spacial score (nSPS) is 15.6. The number of nitrogens with one attached hydrogen (secondary N) is 2. The van der Waals surface area contributed by atoms with E-state index in [1.807, 2.05) is 45.0 Å². The molecule has 8 nitrogen and oxygen atoms in total. The lowest BCUT2D eigenvalue weighted by Gasteiger charge is -2.29. The average Bonchev–Trinajstić information content (AvgIpc) is 2.86. The van der Waals surface area contributed by atoms with E-state index >= 15 is 0 Å². The van der Waals surface area contributed by atoms with Crippen molar-refractivity contribution in [2.45, 2.75) is 70.1 Å². The fourth-order valence-corrected chi connectivity index (χ4v) is 5.85.